The number of aromatic nitrogens is 4. The van der Waals surface area contributed by atoms with E-state index in [1.54, 1.807) is 37.3 Å². The van der Waals surface area contributed by atoms with Crippen molar-refractivity contribution in [1.82, 2.24) is 24.9 Å². The summed E-state index contributed by atoms with van der Waals surface area (Å²) in [6.45, 7) is 1.77. The molecule has 0 aliphatic rings. The molecule has 1 aromatic heterocycles. The summed E-state index contributed by atoms with van der Waals surface area (Å²) < 4.78 is 29.8. The molecule has 0 unspecified atom stereocenters. The van der Waals surface area contributed by atoms with Crippen molar-refractivity contribution in [2.24, 2.45) is 0 Å². The molecule has 9 nitrogen and oxygen atoms in total. The normalized spacial score (nSPS) is 12.3. The second-order valence-corrected chi connectivity index (χ2v) is 8.75. The van der Waals surface area contributed by atoms with Crippen LogP contribution >= 0.6 is 0 Å². The third kappa shape index (κ3) is 4.88. The first-order valence-corrected chi connectivity index (χ1v) is 11.2. The molecule has 10 heteroatoms. The highest BCUT2D eigenvalue weighted by atomic mass is 32.2. The van der Waals surface area contributed by atoms with Gasteiger partial charge in [0.2, 0.25) is 10.0 Å². The van der Waals surface area contributed by atoms with E-state index in [1.165, 1.54) is 29.2 Å². The average Bonchev–Trinajstić information content (AvgIpc) is 3.35. The SMILES string of the molecule is C[C@H](NS(=O)(=O)c1cccc(C(=O)Nc2ccc(-n3cnnn3)cc2)c1)c1ccccc1. The highest BCUT2D eigenvalue weighted by Crippen LogP contribution is 2.19. The molecule has 32 heavy (non-hydrogen) atoms. The Labute approximate surface area is 185 Å². The number of benzene rings is 3. The van der Waals surface area contributed by atoms with Crippen LogP contribution in [0.5, 0.6) is 0 Å². The minimum absolute atomic E-state index is 0.0157. The maximum absolute atomic E-state index is 12.8. The predicted octanol–water partition coefficient (Wildman–Crippen LogP) is 2.95. The van der Waals surface area contributed by atoms with Gasteiger partial charge in [0, 0.05) is 17.3 Å². The Morgan fingerprint density at radius 1 is 0.969 bits per heavy atom. The fourth-order valence-electron chi connectivity index (χ4n) is 3.10. The van der Waals surface area contributed by atoms with Crippen molar-refractivity contribution in [3.63, 3.8) is 0 Å². The minimum Gasteiger partial charge on any atom is -0.322 e. The molecule has 0 fully saturated rings. The van der Waals surface area contributed by atoms with Crippen LogP contribution in [-0.2, 0) is 10.0 Å². The van der Waals surface area contributed by atoms with Crippen LogP contribution in [-0.4, -0.2) is 34.5 Å². The van der Waals surface area contributed by atoms with Gasteiger partial charge in [0.1, 0.15) is 6.33 Å². The number of hydrogen-bond acceptors (Lipinski definition) is 6. The number of nitrogens with one attached hydrogen (secondary N) is 2. The quantitative estimate of drug-likeness (QED) is 0.449. The van der Waals surface area contributed by atoms with E-state index in [2.05, 4.69) is 25.6 Å². The number of anilines is 1. The van der Waals surface area contributed by atoms with Crippen molar-refractivity contribution >= 4 is 21.6 Å². The maximum Gasteiger partial charge on any atom is 0.255 e. The number of rotatable bonds is 7. The molecule has 0 radical (unpaired) electrons. The molecule has 0 saturated carbocycles. The second kappa shape index (κ2) is 9.08. The van der Waals surface area contributed by atoms with Gasteiger partial charge in [0.25, 0.3) is 5.91 Å². The van der Waals surface area contributed by atoms with Crippen LogP contribution in [0.2, 0.25) is 0 Å². The molecule has 1 atom stereocenters. The standard InChI is InChI=1S/C22H20N6O3S/c1-16(17-6-3-2-4-7-17)25-32(30,31)21-9-5-8-18(14-21)22(29)24-19-10-12-20(13-11-19)28-15-23-26-27-28/h2-16,25H,1H3,(H,24,29)/t16-/m0/s1. The summed E-state index contributed by atoms with van der Waals surface area (Å²) in [5.74, 6) is -0.423. The number of carbonyl (C=O) groups is 1. The van der Waals surface area contributed by atoms with Gasteiger partial charge in [-0.2, -0.15) is 0 Å². The lowest BCUT2D eigenvalue weighted by atomic mass is 10.1. The van der Waals surface area contributed by atoms with Gasteiger partial charge in [-0.25, -0.2) is 17.8 Å². The number of nitrogens with zero attached hydrogens (tertiary/aromatic N) is 4. The molecule has 4 rings (SSSR count). The second-order valence-electron chi connectivity index (χ2n) is 7.04. The zero-order valence-electron chi connectivity index (χ0n) is 17.1. The monoisotopic (exact) mass is 448 g/mol. The van der Waals surface area contributed by atoms with Gasteiger partial charge >= 0.3 is 0 Å². The third-order valence-corrected chi connectivity index (χ3v) is 6.32. The fraction of sp³-hybridized carbons (Fsp3) is 0.0909. The van der Waals surface area contributed by atoms with Crippen molar-refractivity contribution < 1.29 is 13.2 Å². The number of carbonyl (C=O) groups excluding carboxylic acids is 1. The summed E-state index contributed by atoms with van der Waals surface area (Å²) in [5, 5.41) is 13.7. The number of sulfonamides is 1. The van der Waals surface area contributed by atoms with E-state index in [9.17, 15) is 13.2 Å². The van der Waals surface area contributed by atoms with E-state index in [4.69, 9.17) is 0 Å². The first kappa shape index (κ1) is 21.3. The highest BCUT2D eigenvalue weighted by molar-refractivity contribution is 7.89. The maximum atomic E-state index is 12.8. The van der Waals surface area contributed by atoms with E-state index in [0.29, 0.717) is 5.69 Å². The Bertz CT molecular complexity index is 1310. The third-order valence-electron chi connectivity index (χ3n) is 4.78. The summed E-state index contributed by atoms with van der Waals surface area (Å²) in [6, 6.07) is 21.7. The van der Waals surface area contributed by atoms with Crippen molar-refractivity contribution in [1.29, 1.82) is 0 Å². The number of tetrazole rings is 1. The van der Waals surface area contributed by atoms with Gasteiger partial charge < -0.3 is 5.32 Å². The molecule has 0 bridgehead atoms. The molecule has 3 aromatic carbocycles. The molecular weight excluding hydrogens is 428 g/mol. The molecule has 0 saturated heterocycles. The summed E-state index contributed by atoms with van der Waals surface area (Å²) >= 11 is 0. The summed E-state index contributed by atoms with van der Waals surface area (Å²) in [6.07, 6.45) is 1.46. The van der Waals surface area contributed by atoms with E-state index >= 15 is 0 Å². The minimum atomic E-state index is -3.82. The zero-order chi connectivity index (χ0) is 22.6. The van der Waals surface area contributed by atoms with Gasteiger partial charge in [-0.3, -0.25) is 4.79 Å². The van der Waals surface area contributed by atoms with E-state index in [1.807, 2.05) is 30.3 Å². The first-order chi connectivity index (χ1) is 15.4. The summed E-state index contributed by atoms with van der Waals surface area (Å²) in [4.78, 5) is 12.7. The van der Waals surface area contributed by atoms with Crippen molar-refractivity contribution in [2.45, 2.75) is 17.9 Å². The molecule has 4 aromatic rings. The Morgan fingerprint density at radius 2 is 1.72 bits per heavy atom. The van der Waals surface area contributed by atoms with Gasteiger partial charge in [-0.05, 0) is 65.4 Å². The molecule has 0 spiro atoms. The van der Waals surface area contributed by atoms with Crippen molar-refractivity contribution in [3.05, 3.63) is 96.3 Å². The van der Waals surface area contributed by atoms with Crippen LogP contribution in [0.25, 0.3) is 5.69 Å². The Balaban J connectivity index is 1.47. The molecule has 2 N–H and O–H groups in total. The lowest BCUT2D eigenvalue weighted by Gasteiger charge is -2.15. The highest BCUT2D eigenvalue weighted by Gasteiger charge is 2.20. The van der Waals surface area contributed by atoms with E-state index in [-0.39, 0.29) is 10.5 Å². The van der Waals surface area contributed by atoms with Crippen LogP contribution in [0.15, 0.2) is 90.1 Å². The van der Waals surface area contributed by atoms with Gasteiger partial charge in [-0.1, -0.05) is 36.4 Å². The fourth-order valence-corrected chi connectivity index (χ4v) is 4.37. The summed E-state index contributed by atoms with van der Waals surface area (Å²) in [7, 11) is -3.82. The molecule has 1 amide bonds. The Hall–Kier alpha value is -3.89. The van der Waals surface area contributed by atoms with E-state index < -0.39 is 22.0 Å². The number of amides is 1. The zero-order valence-corrected chi connectivity index (χ0v) is 17.9. The van der Waals surface area contributed by atoms with Crippen LogP contribution in [0.1, 0.15) is 28.9 Å². The molecule has 0 aliphatic heterocycles. The van der Waals surface area contributed by atoms with Crippen LogP contribution < -0.4 is 10.0 Å². The first-order valence-electron chi connectivity index (χ1n) is 9.74. The van der Waals surface area contributed by atoms with Crippen LogP contribution in [0.3, 0.4) is 0 Å². The smallest absolute Gasteiger partial charge is 0.255 e. The van der Waals surface area contributed by atoms with Crippen LogP contribution in [0, 0.1) is 0 Å². The topological polar surface area (TPSA) is 119 Å². The molecule has 162 valence electrons. The molecule has 1 heterocycles. The lowest BCUT2D eigenvalue weighted by Crippen LogP contribution is -2.27. The lowest BCUT2D eigenvalue weighted by molar-refractivity contribution is 0.102. The summed E-state index contributed by atoms with van der Waals surface area (Å²) in [5.41, 5.74) is 2.36. The Morgan fingerprint density at radius 3 is 2.41 bits per heavy atom. The molecule has 0 aliphatic carbocycles. The van der Waals surface area contributed by atoms with Crippen molar-refractivity contribution in [3.8, 4) is 5.69 Å². The number of hydrogen-bond donors (Lipinski definition) is 2. The van der Waals surface area contributed by atoms with Crippen molar-refractivity contribution in [2.75, 3.05) is 5.32 Å². The van der Waals surface area contributed by atoms with Gasteiger partial charge in [0.15, 0.2) is 0 Å². The average molecular weight is 449 g/mol. The van der Waals surface area contributed by atoms with Gasteiger partial charge in [-0.15, -0.1) is 5.10 Å². The van der Waals surface area contributed by atoms with Gasteiger partial charge in [0.05, 0.1) is 10.6 Å². The van der Waals surface area contributed by atoms with Crippen LogP contribution in [0.4, 0.5) is 5.69 Å². The molecular formula is C22H20N6O3S. The van der Waals surface area contributed by atoms with E-state index in [0.717, 1.165) is 11.3 Å². The predicted molar refractivity (Wildman–Crippen MR) is 119 cm³/mol. The largest absolute Gasteiger partial charge is 0.322 e. The Kier molecular flexibility index (Phi) is 6.06.